The average Bonchev–Trinajstić information content (AvgIpc) is 2.85. The van der Waals surface area contributed by atoms with Crippen molar-refractivity contribution in [3.8, 4) is 5.75 Å². The number of methoxy groups -OCH3 is 1. The maximum atomic E-state index is 10.7. The summed E-state index contributed by atoms with van der Waals surface area (Å²) in [5.41, 5.74) is 0.876. The molecule has 0 aliphatic carbocycles. The van der Waals surface area contributed by atoms with Gasteiger partial charge in [0.05, 0.1) is 18.1 Å². The molecule has 0 spiro atoms. The number of carbonyl (C=O) groups is 1. The maximum absolute atomic E-state index is 10.7. The monoisotopic (exact) mass is 325 g/mol. The Morgan fingerprint density at radius 3 is 2.79 bits per heavy atom. The number of carboxylic acids is 1. The highest BCUT2D eigenvalue weighted by Crippen LogP contribution is 2.27. The predicted octanol–water partition coefficient (Wildman–Crippen LogP) is 3.36. The van der Waals surface area contributed by atoms with Gasteiger partial charge in [-0.1, -0.05) is 0 Å². The van der Waals surface area contributed by atoms with Gasteiger partial charge in [0, 0.05) is 5.69 Å². The van der Waals surface area contributed by atoms with Crippen molar-refractivity contribution in [2.45, 2.75) is 6.54 Å². The standard InChI is InChI=1S/C13H12BrNO4/c1-18-11-4-2-8(6-10(11)14)15-7-9-3-5-12(19-9)13(16)17/h2-6,15H,7H2,1H3,(H,16,17). The highest BCUT2D eigenvalue weighted by molar-refractivity contribution is 9.10. The van der Waals surface area contributed by atoms with Crippen LogP contribution in [0.25, 0.3) is 0 Å². The van der Waals surface area contributed by atoms with Crippen molar-refractivity contribution < 1.29 is 19.1 Å². The van der Waals surface area contributed by atoms with Crippen LogP contribution < -0.4 is 10.1 Å². The average molecular weight is 326 g/mol. The first-order valence-electron chi connectivity index (χ1n) is 5.49. The largest absolute Gasteiger partial charge is 0.496 e. The Morgan fingerprint density at radius 1 is 1.42 bits per heavy atom. The SMILES string of the molecule is COc1ccc(NCc2ccc(C(=O)O)o2)cc1Br. The fraction of sp³-hybridized carbons (Fsp3) is 0.154. The summed E-state index contributed by atoms with van der Waals surface area (Å²) >= 11 is 3.39. The topological polar surface area (TPSA) is 71.7 Å². The molecule has 0 saturated carbocycles. The van der Waals surface area contributed by atoms with Crippen LogP contribution in [-0.2, 0) is 6.54 Å². The molecule has 2 aromatic rings. The lowest BCUT2D eigenvalue weighted by molar-refractivity contribution is 0.0660. The van der Waals surface area contributed by atoms with E-state index in [-0.39, 0.29) is 5.76 Å². The van der Waals surface area contributed by atoms with E-state index in [0.717, 1.165) is 15.9 Å². The van der Waals surface area contributed by atoms with E-state index < -0.39 is 5.97 Å². The Labute approximate surface area is 118 Å². The third kappa shape index (κ3) is 3.29. The van der Waals surface area contributed by atoms with Gasteiger partial charge in [0.2, 0.25) is 5.76 Å². The molecule has 0 fully saturated rings. The van der Waals surface area contributed by atoms with Crippen LogP contribution in [0.15, 0.2) is 39.2 Å². The van der Waals surface area contributed by atoms with Gasteiger partial charge < -0.3 is 19.6 Å². The third-order valence-corrected chi connectivity index (χ3v) is 3.11. The number of benzene rings is 1. The number of nitrogens with one attached hydrogen (secondary N) is 1. The molecule has 0 saturated heterocycles. The minimum absolute atomic E-state index is 0.0623. The van der Waals surface area contributed by atoms with Crippen LogP contribution >= 0.6 is 15.9 Å². The first-order valence-corrected chi connectivity index (χ1v) is 6.29. The molecule has 1 aromatic carbocycles. The Hall–Kier alpha value is -1.95. The quantitative estimate of drug-likeness (QED) is 0.881. The number of hydrogen-bond donors (Lipinski definition) is 2. The van der Waals surface area contributed by atoms with E-state index in [1.165, 1.54) is 6.07 Å². The molecule has 0 atom stereocenters. The summed E-state index contributed by atoms with van der Waals surface area (Å²) in [5.74, 6) is 0.173. The lowest BCUT2D eigenvalue weighted by Gasteiger charge is -2.07. The first-order chi connectivity index (χ1) is 9.10. The summed E-state index contributed by atoms with van der Waals surface area (Å²) < 4.78 is 11.1. The fourth-order valence-electron chi connectivity index (χ4n) is 1.55. The highest BCUT2D eigenvalue weighted by atomic mass is 79.9. The van der Waals surface area contributed by atoms with Crippen LogP contribution in [0.5, 0.6) is 5.75 Å². The van der Waals surface area contributed by atoms with Crippen molar-refractivity contribution in [3.05, 3.63) is 46.3 Å². The number of rotatable bonds is 5. The Morgan fingerprint density at radius 2 is 2.21 bits per heavy atom. The van der Waals surface area contributed by atoms with Gasteiger partial charge in [-0.3, -0.25) is 0 Å². The van der Waals surface area contributed by atoms with Gasteiger partial charge >= 0.3 is 5.97 Å². The van der Waals surface area contributed by atoms with E-state index in [9.17, 15) is 4.79 Å². The van der Waals surface area contributed by atoms with Gasteiger partial charge in [-0.2, -0.15) is 0 Å². The zero-order valence-corrected chi connectivity index (χ0v) is 11.7. The number of hydrogen-bond acceptors (Lipinski definition) is 4. The second-order valence-electron chi connectivity index (χ2n) is 3.77. The van der Waals surface area contributed by atoms with Crippen molar-refractivity contribution in [3.63, 3.8) is 0 Å². The molecule has 0 amide bonds. The molecule has 0 unspecified atom stereocenters. The van der Waals surface area contributed by atoms with Crippen molar-refractivity contribution in [2.75, 3.05) is 12.4 Å². The zero-order valence-electron chi connectivity index (χ0n) is 10.1. The minimum atomic E-state index is -1.07. The second-order valence-corrected chi connectivity index (χ2v) is 4.63. The van der Waals surface area contributed by atoms with Crippen molar-refractivity contribution >= 4 is 27.6 Å². The third-order valence-electron chi connectivity index (χ3n) is 2.49. The number of furan rings is 1. The van der Waals surface area contributed by atoms with Gasteiger partial charge in [0.15, 0.2) is 0 Å². The Balaban J connectivity index is 2.01. The second kappa shape index (κ2) is 5.79. The number of carboxylic acid groups (broad SMARTS) is 1. The van der Waals surface area contributed by atoms with Crippen LogP contribution in [0.3, 0.4) is 0 Å². The summed E-state index contributed by atoms with van der Waals surface area (Å²) in [6, 6.07) is 8.64. The fourth-order valence-corrected chi connectivity index (χ4v) is 2.09. The van der Waals surface area contributed by atoms with E-state index in [2.05, 4.69) is 21.2 Å². The van der Waals surface area contributed by atoms with Gasteiger partial charge in [-0.05, 0) is 46.3 Å². The summed E-state index contributed by atoms with van der Waals surface area (Å²) in [7, 11) is 1.60. The molecule has 1 aromatic heterocycles. The Kier molecular flexibility index (Phi) is 4.11. The molecular weight excluding hydrogens is 314 g/mol. The lowest BCUT2D eigenvalue weighted by Crippen LogP contribution is -1.99. The summed E-state index contributed by atoms with van der Waals surface area (Å²) in [4.78, 5) is 10.7. The van der Waals surface area contributed by atoms with E-state index in [0.29, 0.717) is 12.3 Å². The minimum Gasteiger partial charge on any atom is -0.496 e. The van der Waals surface area contributed by atoms with Gasteiger partial charge in [0.1, 0.15) is 11.5 Å². The van der Waals surface area contributed by atoms with Crippen LogP contribution in [0, 0.1) is 0 Å². The van der Waals surface area contributed by atoms with Crippen molar-refractivity contribution in [1.82, 2.24) is 0 Å². The smallest absolute Gasteiger partial charge is 0.371 e. The Bertz CT molecular complexity index is 594. The summed E-state index contributed by atoms with van der Waals surface area (Å²) in [6.07, 6.45) is 0. The molecule has 0 aliphatic rings. The van der Waals surface area contributed by atoms with Crippen molar-refractivity contribution in [2.24, 2.45) is 0 Å². The number of anilines is 1. The van der Waals surface area contributed by atoms with Crippen LogP contribution in [-0.4, -0.2) is 18.2 Å². The zero-order chi connectivity index (χ0) is 13.8. The van der Waals surface area contributed by atoms with Gasteiger partial charge in [-0.15, -0.1) is 0 Å². The molecule has 0 radical (unpaired) electrons. The van der Waals surface area contributed by atoms with Crippen molar-refractivity contribution in [1.29, 1.82) is 0 Å². The summed E-state index contributed by atoms with van der Waals surface area (Å²) in [5, 5.41) is 11.9. The molecule has 0 bridgehead atoms. The first kappa shape index (κ1) is 13.5. The molecule has 0 aliphatic heterocycles. The molecular formula is C13H12BrNO4. The highest BCUT2D eigenvalue weighted by Gasteiger charge is 2.08. The van der Waals surface area contributed by atoms with Crippen LogP contribution in [0.2, 0.25) is 0 Å². The van der Waals surface area contributed by atoms with E-state index in [1.807, 2.05) is 18.2 Å². The molecule has 100 valence electrons. The molecule has 2 N–H and O–H groups in total. The molecule has 6 heteroatoms. The molecule has 19 heavy (non-hydrogen) atoms. The van der Waals surface area contributed by atoms with Gasteiger partial charge in [0.25, 0.3) is 0 Å². The number of ether oxygens (including phenoxy) is 1. The lowest BCUT2D eigenvalue weighted by atomic mass is 10.3. The van der Waals surface area contributed by atoms with Crippen LogP contribution in [0.1, 0.15) is 16.3 Å². The number of aromatic carboxylic acids is 1. The van der Waals surface area contributed by atoms with Gasteiger partial charge in [-0.25, -0.2) is 4.79 Å². The number of halogens is 1. The normalized spacial score (nSPS) is 10.2. The van der Waals surface area contributed by atoms with E-state index in [4.69, 9.17) is 14.3 Å². The van der Waals surface area contributed by atoms with Crippen LogP contribution in [0.4, 0.5) is 5.69 Å². The molecule has 2 rings (SSSR count). The maximum Gasteiger partial charge on any atom is 0.371 e. The van der Waals surface area contributed by atoms with E-state index >= 15 is 0 Å². The predicted molar refractivity (Wildman–Crippen MR) is 73.7 cm³/mol. The van der Waals surface area contributed by atoms with E-state index in [1.54, 1.807) is 13.2 Å². The molecule has 1 heterocycles. The summed E-state index contributed by atoms with van der Waals surface area (Å²) in [6.45, 7) is 0.409. The molecule has 5 nitrogen and oxygen atoms in total.